The Bertz CT molecular complexity index is 594. The van der Waals surface area contributed by atoms with Crippen molar-refractivity contribution >= 4 is 11.9 Å². The van der Waals surface area contributed by atoms with E-state index in [1.165, 1.54) is 0 Å². The molecule has 4 aliphatic rings. The molecule has 0 aromatic heterocycles. The van der Waals surface area contributed by atoms with Gasteiger partial charge in [0.1, 0.15) is 0 Å². The van der Waals surface area contributed by atoms with Gasteiger partial charge in [0.05, 0.1) is 34.2 Å². The highest BCUT2D eigenvalue weighted by Gasteiger charge is 2.61. The van der Waals surface area contributed by atoms with Gasteiger partial charge in [0.25, 0.3) is 0 Å². The van der Waals surface area contributed by atoms with Crippen molar-refractivity contribution in [2.24, 2.45) is 10.8 Å². The van der Waals surface area contributed by atoms with Crippen molar-refractivity contribution in [3.63, 3.8) is 0 Å². The summed E-state index contributed by atoms with van der Waals surface area (Å²) in [6.45, 7) is 9.63. The van der Waals surface area contributed by atoms with Gasteiger partial charge in [-0.3, -0.25) is 9.59 Å². The summed E-state index contributed by atoms with van der Waals surface area (Å²) in [5.74, 6) is -0.607. The largest absolute Gasteiger partial charge is 0.425 e. The van der Waals surface area contributed by atoms with Crippen LogP contribution in [0.1, 0.15) is 73.1 Å². The highest BCUT2D eigenvalue weighted by Crippen LogP contribution is 2.55. The topological polar surface area (TPSA) is 77.7 Å². The zero-order valence-corrected chi connectivity index (χ0v) is 16.4. The summed E-state index contributed by atoms with van der Waals surface area (Å²) in [6.07, 6.45) is 3.90. The van der Waals surface area contributed by atoms with Crippen molar-refractivity contribution in [1.82, 2.24) is 0 Å². The number of hydrogen-bond acceptors (Lipinski definition) is 6. The van der Waals surface area contributed by atoms with Crippen LogP contribution in [-0.4, -0.2) is 41.6 Å². The molecule has 6 atom stereocenters. The summed E-state index contributed by atoms with van der Waals surface area (Å²) >= 11 is 0. The number of fused-ring (bicyclic) bond motifs is 2. The Balaban J connectivity index is 1.30. The smallest absolute Gasteiger partial charge is 0.314 e. The summed E-state index contributed by atoms with van der Waals surface area (Å²) in [6, 6.07) is 0. The maximum atomic E-state index is 12.6. The lowest BCUT2D eigenvalue weighted by Gasteiger charge is -2.34. The summed E-state index contributed by atoms with van der Waals surface area (Å²) in [7, 11) is 0. The SMILES string of the molecule is CC(OC(=O)C1(C)CCC2(C)OC2C1)OC(=O)C1(C)CCC2(C)OC2C1. The maximum Gasteiger partial charge on any atom is 0.314 e. The minimum Gasteiger partial charge on any atom is -0.425 e. The zero-order chi connectivity index (χ0) is 19.0. The van der Waals surface area contributed by atoms with Crippen molar-refractivity contribution in [1.29, 1.82) is 0 Å². The molecule has 0 radical (unpaired) electrons. The molecule has 6 heteroatoms. The second-order valence-corrected chi connectivity index (χ2v) is 9.75. The van der Waals surface area contributed by atoms with Crippen LogP contribution in [0.4, 0.5) is 0 Å². The molecule has 0 bridgehead atoms. The molecule has 0 N–H and O–H groups in total. The van der Waals surface area contributed by atoms with Gasteiger partial charge in [-0.25, -0.2) is 0 Å². The zero-order valence-electron chi connectivity index (χ0n) is 16.4. The van der Waals surface area contributed by atoms with Crippen molar-refractivity contribution in [2.45, 2.75) is 103 Å². The number of esters is 2. The average molecular weight is 366 g/mol. The average Bonchev–Trinajstić information content (AvgIpc) is 3.41. The number of carbonyl (C=O) groups is 2. The van der Waals surface area contributed by atoms with Crippen LogP contribution < -0.4 is 0 Å². The van der Waals surface area contributed by atoms with Crippen molar-refractivity contribution in [2.75, 3.05) is 0 Å². The Labute approximate surface area is 154 Å². The molecule has 2 saturated heterocycles. The van der Waals surface area contributed by atoms with E-state index in [4.69, 9.17) is 18.9 Å². The molecular formula is C20H30O6. The lowest BCUT2D eigenvalue weighted by molar-refractivity contribution is -0.199. The monoisotopic (exact) mass is 366 g/mol. The normalized spacial score (nSPS) is 50.0. The van der Waals surface area contributed by atoms with Crippen LogP contribution in [0.5, 0.6) is 0 Å². The highest BCUT2D eigenvalue weighted by atomic mass is 16.7. The third-order valence-electron chi connectivity index (χ3n) is 7.22. The lowest BCUT2D eigenvalue weighted by Crippen LogP contribution is -2.41. The van der Waals surface area contributed by atoms with E-state index in [-0.39, 0.29) is 35.3 Å². The minimum atomic E-state index is -0.884. The van der Waals surface area contributed by atoms with Crippen LogP contribution in [0.2, 0.25) is 0 Å². The second kappa shape index (κ2) is 5.44. The molecule has 2 saturated carbocycles. The fourth-order valence-electron chi connectivity index (χ4n) is 4.59. The van der Waals surface area contributed by atoms with Gasteiger partial charge in [-0.1, -0.05) is 0 Å². The first-order valence-electron chi connectivity index (χ1n) is 9.76. The molecule has 2 aliphatic heterocycles. The van der Waals surface area contributed by atoms with Crippen LogP contribution in [0, 0.1) is 10.8 Å². The Morgan fingerprint density at radius 3 is 1.54 bits per heavy atom. The fraction of sp³-hybridized carbons (Fsp3) is 0.900. The summed E-state index contributed by atoms with van der Waals surface area (Å²) in [4.78, 5) is 25.3. The number of carbonyl (C=O) groups excluding carboxylic acids is 2. The van der Waals surface area contributed by atoms with E-state index >= 15 is 0 Å². The Hall–Kier alpha value is -1.14. The summed E-state index contributed by atoms with van der Waals surface area (Å²) in [5, 5.41) is 0. The van der Waals surface area contributed by atoms with E-state index in [1.807, 2.05) is 13.8 Å². The Morgan fingerprint density at radius 1 is 0.808 bits per heavy atom. The number of ether oxygens (including phenoxy) is 4. The molecule has 0 amide bonds. The summed E-state index contributed by atoms with van der Waals surface area (Å²) < 4.78 is 22.4. The Kier molecular flexibility index (Phi) is 3.82. The molecule has 2 heterocycles. The van der Waals surface area contributed by atoms with E-state index < -0.39 is 17.1 Å². The van der Waals surface area contributed by atoms with Crippen molar-refractivity contribution in [3.8, 4) is 0 Å². The van der Waals surface area contributed by atoms with E-state index in [1.54, 1.807) is 6.92 Å². The fourth-order valence-corrected chi connectivity index (χ4v) is 4.59. The molecule has 0 aromatic rings. The van der Waals surface area contributed by atoms with Gasteiger partial charge in [-0.05, 0) is 66.2 Å². The number of hydrogen-bond donors (Lipinski definition) is 0. The first-order chi connectivity index (χ1) is 12.0. The van der Waals surface area contributed by atoms with E-state index in [9.17, 15) is 9.59 Å². The molecule has 0 aromatic carbocycles. The lowest BCUT2D eigenvalue weighted by atomic mass is 9.72. The van der Waals surface area contributed by atoms with Crippen molar-refractivity contribution < 1.29 is 28.5 Å². The second-order valence-electron chi connectivity index (χ2n) is 9.75. The van der Waals surface area contributed by atoms with Gasteiger partial charge < -0.3 is 18.9 Å². The third kappa shape index (κ3) is 2.95. The standard InChI is InChI=1S/C20H30O6/c1-12(23-15(21)17(2)6-8-19(4)13(10-17)25-19)24-16(22)18(3)7-9-20(5)14(11-18)26-20/h12-14H,6-11H2,1-5H3. The van der Waals surface area contributed by atoms with Gasteiger partial charge in [0.2, 0.25) is 6.29 Å². The summed E-state index contributed by atoms with van der Waals surface area (Å²) in [5.41, 5.74) is -1.24. The molecule has 2 aliphatic carbocycles. The van der Waals surface area contributed by atoms with Crippen molar-refractivity contribution in [3.05, 3.63) is 0 Å². The molecule has 4 rings (SSSR count). The van der Waals surface area contributed by atoms with E-state index in [0.29, 0.717) is 12.8 Å². The van der Waals surface area contributed by atoms with Crippen LogP contribution in [0.25, 0.3) is 0 Å². The van der Waals surface area contributed by atoms with Gasteiger partial charge >= 0.3 is 11.9 Å². The molecular weight excluding hydrogens is 336 g/mol. The van der Waals surface area contributed by atoms with E-state index in [0.717, 1.165) is 25.7 Å². The highest BCUT2D eigenvalue weighted by molar-refractivity contribution is 5.78. The number of epoxide rings is 2. The number of rotatable bonds is 4. The van der Waals surface area contributed by atoms with Gasteiger partial charge in [0, 0.05) is 6.92 Å². The van der Waals surface area contributed by atoms with Gasteiger partial charge in [-0.15, -0.1) is 0 Å². The van der Waals surface area contributed by atoms with Crippen LogP contribution in [-0.2, 0) is 28.5 Å². The van der Waals surface area contributed by atoms with E-state index in [2.05, 4.69) is 13.8 Å². The molecule has 26 heavy (non-hydrogen) atoms. The molecule has 6 unspecified atom stereocenters. The predicted molar refractivity (Wildman–Crippen MR) is 92.1 cm³/mol. The predicted octanol–water partition coefficient (Wildman–Crippen LogP) is 3.11. The maximum absolute atomic E-state index is 12.6. The molecule has 0 spiro atoms. The first-order valence-corrected chi connectivity index (χ1v) is 9.76. The van der Waals surface area contributed by atoms with Crippen LogP contribution in [0.3, 0.4) is 0 Å². The first kappa shape index (κ1) is 18.2. The Morgan fingerprint density at radius 2 is 1.19 bits per heavy atom. The molecule has 146 valence electrons. The van der Waals surface area contributed by atoms with Gasteiger partial charge in [-0.2, -0.15) is 0 Å². The minimum absolute atomic E-state index is 0.0488. The van der Waals surface area contributed by atoms with Gasteiger partial charge in [0.15, 0.2) is 0 Å². The molecule has 6 nitrogen and oxygen atoms in total. The quantitative estimate of drug-likeness (QED) is 0.432. The molecule has 4 fully saturated rings. The van der Waals surface area contributed by atoms with Crippen LogP contribution in [0.15, 0.2) is 0 Å². The third-order valence-corrected chi connectivity index (χ3v) is 7.22. The van der Waals surface area contributed by atoms with Crippen LogP contribution >= 0.6 is 0 Å².